The van der Waals surface area contributed by atoms with Crippen molar-refractivity contribution in [2.24, 2.45) is 5.73 Å². The first-order valence-electron chi connectivity index (χ1n) is 6.86. The first-order valence-corrected chi connectivity index (χ1v) is 7.74. The average Bonchev–Trinajstić information content (AvgIpc) is 2.46. The molecule has 1 rings (SSSR count). The van der Waals surface area contributed by atoms with E-state index in [-0.39, 0.29) is 35.5 Å². The molecule has 22 heavy (non-hydrogen) atoms. The van der Waals surface area contributed by atoms with E-state index >= 15 is 0 Å². The van der Waals surface area contributed by atoms with E-state index in [9.17, 15) is 9.59 Å². The van der Waals surface area contributed by atoms with Gasteiger partial charge in [0.15, 0.2) is 0 Å². The first kappa shape index (κ1) is 20.8. The predicted molar refractivity (Wildman–Crippen MR) is 94.6 cm³/mol. The van der Waals surface area contributed by atoms with Crippen LogP contribution in [0.3, 0.4) is 0 Å². The van der Waals surface area contributed by atoms with Gasteiger partial charge in [0.05, 0.1) is 5.25 Å². The zero-order chi connectivity index (χ0) is 16.0. The molecule has 5 nitrogen and oxygen atoms in total. The number of carbonyl (C=O) groups is 2. The van der Waals surface area contributed by atoms with Crippen LogP contribution in [-0.4, -0.2) is 41.6 Å². The Labute approximate surface area is 142 Å². The fourth-order valence-electron chi connectivity index (χ4n) is 1.74. The van der Waals surface area contributed by atoms with Gasteiger partial charge in [-0.15, -0.1) is 24.2 Å². The molecule has 0 fully saturated rings. The highest BCUT2D eigenvalue weighted by Crippen LogP contribution is 2.26. The molecule has 124 valence electrons. The van der Waals surface area contributed by atoms with E-state index in [0.29, 0.717) is 6.54 Å². The molecule has 0 saturated heterocycles. The lowest BCUT2D eigenvalue weighted by Crippen LogP contribution is -2.43. The van der Waals surface area contributed by atoms with Crippen LogP contribution in [0.2, 0.25) is 0 Å². The van der Waals surface area contributed by atoms with Crippen molar-refractivity contribution in [2.75, 3.05) is 18.9 Å². The minimum absolute atomic E-state index is 0. The number of carbonyl (C=O) groups excluding carboxylic acids is 2. The summed E-state index contributed by atoms with van der Waals surface area (Å²) in [5, 5.41) is 2.53. The Morgan fingerprint density at radius 2 is 1.82 bits per heavy atom. The molecule has 0 aliphatic rings. The number of anilines is 1. The standard InChI is InChI=1S/C15H23N3O2S.ClH/c1-10(9-16)18(4)15(20)11(2)21-14-7-5-13(6-8-14)17-12(3)19;/h5-8,10-11H,9,16H2,1-4H3,(H,17,19);1H. The number of rotatable bonds is 6. The molecule has 0 spiro atoms. The summed E-state index contributed by atoms with van der Waals surface area (Å²) in [5.74, 6) is -0.0415. The maximum Gasteiger partial charge on any atom is 0.235 e. The Balaban J connectivity index is 0.00000441. The van der Waals surface area contributed by atoms with Gasteiger partial charge in [0, 0.05) is 37.1 Å². The molecular weight excluding hydrogens is 322 g/mol. The minimum Gasteiger partial charge on any atom is -0.341 e. The highest BCUT2D eigenvalue weighted by Gasteiger charge is 2.21. The molecule has 0 aromatic heterocycles. The molecule has 0 aliphatic heterocycles. The third-order valence-corrected chi connectivity index (χ3v) is 4.28. The van der Waals surface area contributed by atoms with Gasteiger partial charge in [-0.3, -0.25) is 9.59 Å². The summed E-state index contributed by atoms with van der Waals surface area (Å²) in [6, 6.07) is 7.47. The SMILES string of the molecule is CC(=O)Nc1ccc(SC(C)C(=O)N(C)C(C)CN)cc1.Cl. The zero-order valence-corrected chi connectivity index (χ0v) is 15.0. The number of likely N-dealkylation sites (N-methyl/N-ethyl adjacent to an activating group) is 1. The molecule has 3 N–H and O–H groups in total. The van der Waals surface area contributed by atoms with Crippen LogP contribution in [0.4, 0.5) is 5.69 Å². The van der Waals surface area contributed by atoms with E-state index in [0.717, 1.165) is 10.6 Å². The molecule has 2 unspecified atom stereocenters. The van der Waals surface area contributed by atoms with Crippen LogP contribution in [0.1, 0.15) is 20.8 Å². The topological polar surface area (TPSA) is 75.4 Å². The Hall–Kier alpha value is -1.24. The number of benzene rings is 1. The zero-order valence-electron chi connectivity index (χ0n) is 13.3. The van der Waals surface area contributed by atoms with Crippen molar-refractivity contribution in [3.8, 4) is 0 Å². The highest BCUT2D eigenvalue weighted by molar-refractivity contribution is 8.00. The molecule has 0 aliphatic carbocycles. The maximum absolute atomic E-state index is 12.3. The van der Waals surface area contributed by atoms with E-state index in [1.807, 2.05) is 38.1 Å². The number of nitrogens with two attached hydrogens (primary N) is 1. The molecule has 0 heterocycles. The number of thioether (sulfide) groups is 1. The lowest BCUT2D eigenvalue weighted by molar-refractivity contribution is -0.130. The smallest absolute Gasteiger partial charge is 0.235 e. The molecule has 0 radical (unpaired) electrons. The molecule has 0 bridgehead atoms. The molecule has 2 atom stereocenters. The number of hydrogen-bond donors (Lipinski definition) is 2. The monoisotopic (exact) mass is 345 g/mol. The first-order chi connectivity index (χ1) is 9.85. The molecule has 7 heteroatoms. The van der Waals surface area contributed by atoms with Crippen molar-refractivity contribution < 1.29 is 9.59 Å². The normalized spacial score (nSPS) is 12.8. The fraction of sp³-hybridized carbons (Fsp3) is 0.467. The van der Waals surface area contributed by atoms with E-state index in [1.54, 1.807) is 11.9 Å². The second kappa shape index (κ2) is 9.71. The van der Waals surface area contributed by atoms with Gasteiger partial charge in [-0.1, -0.05) is 0 Å². The van der Waals surface area contributed by atoms with Crippen molar-refractivity contribution in [3.05, 3.63) is 24.3 Å². The van der Waals surface area contributed by atoms with E-state index < -0.39 is 0 Å². The Morgan fingerprint density at radius 1 is 1.27 bits per heavy atom. The third kappa shape index (κ3) is 6.25. The van der Waals surface area contributed by atoms with Crippen LogP contribution >= 0.6 is 24.2 Å². The van der Waals surface area contributed by atoms with E-state index in [4.69, 9.17) is 5.73 Å². The summed E-state index contributed by atoms with van der Waals surface area (Å²) in [7, 11) is 1.77. The van der Waals surface area contributed by atoms with Gasteiger partial charge in [-0.2, -0.15) is 0 Å². The predicted octanol–water partition coefficient (Wildman–Crippen LogP) is 2.35. The molecular formula is C15H24ClN3O2S. The van der Waals surface area contributed by atoms with Crippen molar-refractivity contribution in [2.45, 2.75) is 37.0 Å². The van der Waals surface area contributed by atoms with Crippen molar-refractivity contribution in [3.63, 3.8) is 0 Å². The van der Waals surface area contributed by atoms with Gasteiger partial charge in [0.25, 0.3) is 0 Å². The Kier molecular flexibility index (Phi) is 9.16. The molecule has 1 aromatic carbocycles. The third-order valence-electron chi connectivity index (χ3n) is 3.19. The summed E-state index contributed by atoms with van der Waals surface area (Å²) in [5.41, 5.74) is 6.33. The van der Waals surface area contributed by atoms with Crippen LogP contribution < -0.4 is 11.1 Å². The van der Waals surface area contributed by atoms with Gasteiger partial charge in [-0.05, 0) is 38.1 Å². The molecule has 1 aromatic rings. The number of amides is 2. The highest BCUT2D eigenvalue weighted by atomic mass is 35.5. The van der Waals surface area contributed by atoms with Crippen LogP contribution in [0.15, 0.2) is 29.2 Å². The second-order valence-corrected chi connectivity index (χ2v) is 6.41. The quantitative estimate of drug-likeness (QED) is 0.776. The lowest BCUT2D eigenvalue weighted by Gasteiger charge is -2.26. The lowest BCUT2D eigenvalue weighted by atomic mass is 10.3. The van der Waals surface area contributed by atoms with Crippen LogP contribution in [-0.2, 0) is 9.59 Å². The number of nitrogens with one attached hydrogen (secondary N) is 1. The Bertz CT molecular complexity index is 496. The van der Waals surface area contributed by atoms with Gasteiger partial charge in [0.2, 0.25) is 11.8 Å². The number of halogens is 1. The second-order valence-electron chi connectivity index (χ2n) is 5.00. The minimum atomic E-state index is -0.185. The summed E-state index contributed by atoms with van der Waals surface area (Å²) in [6.07, 6.45) is 0. The largest absolute Gasteiger partial charge is 0.341 e. The van der Waals surface area contributed by atoms with E-state index in [2.05, 4.69) is 5.32 Å². The van der Waals surface area contributed by atoms with Gasteiger partial charge >= 0.3 is 0 Å². The van der Waals surface area contributed by atoms with Crippen molar-refractivity contribution >= 4 is 41.7 Å². The number of hydrogen-bond acceptors (Lipinski definition) is 4. The summed E-state index contributed by atoms with van der Waals surface area (Å²) in [6.45, 7) is 5.73. The van der Waals surface area contributed by atoms with Gasteiger partial charge in [0.1, 0.15) is 0 Å². The van der Waals surface area contributed by atoms with Crippen molar-refractivity contribution in [1.29, 1.82) is 0 Å². The molecule has 2 amide bonds. The summed E-state index contributed by atoms with van der Waals surface area (Å²) < 4.78 is 0. The summed E-state index contributed by atoms with van der Waals surface area (Å²) in [4.78, 5) is 25.9. The van der Waals surface area contributed by atoms with E-state index in [1.165, 1.54) is 18.7 Å². The van der Waals surface area contributed by atoms with Crippen LogP contribution in [0, 0.1) is 0 Å². The molecule has 0 saturated carbocycles. The number of nitrogens with zero attached hydrogens (tertiary/aromatic N) is 1. The summed E-state index contributed by atoms with van der Waals surface area (Å²) >= 11 is 1.49. The van der Waals surface area contributed by atoms with Crippen LogP contribution in [0.5, 0.6) is 0 Å². The maximum atomic E-state index is 12.3. The van der Waals surface area contributed by atoms with Crippen molar-refractivity contribution in [1.82, 2.24) is 4.90 Å². The average molecular weight is 346 g/mol. The van der Waals surface area contributed by atoms with Gasteiger partial charge in [-0.25, -0.2) is 0 Å². The van der Waals surface area contributed by atoms with Crippen LogP contribution in [0.25, 0.3) is 0 Å². The van der Waals surface area contributed by atoms with Gasteiger partial charge < -0.3 is 16.0 Å². The fourth-order valence-corrected chi connectivity index (χ4v) is 2.71. The Morgan fingerprint density at radius 3 is 2.27 bits per heavy atom.